The molecule has 0 spiro atoms. The maximum Gasteiger partial charge on any atom is 0.309 e. The van der Waals surface area contributed by atoms with E-state index in [2.05, 4.69) is 17.2 Å². The fourth-order valence-electron chi connectivity index (χ4n) is 0.999. The third-order valence-electron chi connectivity index (χ3n) is 1.59. The molecule has 4 heteroatoms. The third kappa shape index (κ3) is 5.90. The van der Waals surface area contributed by atoms with Crippen LogP contribution in [-0.2, 0) is 9.59 Å². The quantitative estimate of drug-likeness (QED) is 0.435. The Morgan fingerprint density at radius 1 is 1.69 bits per heavy atom. The Balaban J connectivity index is 3.84. The lowest BCUT2D eigenvalue weighted by molar-refractivity contribution is -0.117. The highest BCUT2D eigenvalue weighted by atomic mass is 16.1. The number of hydrogen-bond donors (Lipinski definition) is 2. The molecule has 0 aliphatic heterocycles. The molecule has 0 rings (SSSR count). The number of carbonyl (C=O) groups excluding carboxylic acids is 2. The molecule has 13 heavy (non-hydrogen) atoms. The lowest BCUT2D eigenvalue weighted by Gasteiger charge is -2.15. The minimum absolute atomic E-state index is 0.0306. The predicted molar refractivity (Wildman–Crippen MR) is 50.7 cm³/mol. The molecule has 1 radical (unpaired) electrons. The summed E-state index contributed by atoms with van der Waals surface area (Å²) < 4.78 is 0. The van der Waals surface area contributed by atoms with Gasteiger partial charge in [-0.25, -0.2) is 0 Å². The molecule has 1 unspecified atom stereocenters. The molecule has 0 aromatic rings. The molecule has 0 saturated carbocycles. The SMILES string of the molecule is C=CC(=O)NC(CCC)CN[C]=O. The summed E-state index contributed by atoms with van der Waals surface area (Å²) in [6.45, 7) is 5.77. The maximum absolute atomic E-state index is 10.9. The van der Waals surface area contributed by atoms with Gasteiger partial charge in [0, 0.05) is 12.6 Å². The van der Waals surface area contributed by atoms with E-state index in [1.54, 1.807) is 6.41 Å². The minimum Gasteiger partial charge on any atom is -0.348 e. The standard InChI is InChI=1S/C9H15N2O2/c1-3-5-8(6-10-7-12)11-9(13)4-2/h4,8H,2-3,5-6H2,1H3,(H,10,12)(H,11,13). The number of nitrogens with one attached hydrogen (secondary N) is 2. The van der Waals surface area contributed by atoms with Gasteiger partial charge in [0.1, 0.15) is 0 Å². The van der Waals surface area contributed by atoms with Crippen molar-refractivity contribution in [3.05, 3.63) is 12.7 Å². The zero-order chi connectivity index (χ0) is 10.1. The summed E-state index contributed by atoms with van der Waals surface area (Å²) in [6.07, 6.45) is 4.56. The zero-order valence-corrected chi connectivity index (χ0v) is 7.80. The van der Waals surface area contributed by atoms with Crippen LogP contribution in [0, 0.1) is 0 Å². The first kappa shape index (κ1) is 11.7. The smallest absolute Gasteiger partial charge is 0.309 e. The Morgan fingerprint density at radius 3 is 2.85 bits per heavy atom. The molecule has 0 aliphatic carbocycles. The third-order valence-corrected chi connectivity index (χ3v) is 1.59. The average molecular weight is 183 g/mol. The van der Waals surface area contributed by atoms with Crippen molar-refractivity contribution in [2.45, 2.75) is 25.8 Å². The van der Waals surface area contributed by atoms with Crippen molar-refractivity contribution in [2.24, 2.45) is 0 Å². The number of rotatable bonds is 7. The summed E-state index contributed by atoms with van der Waals surface area (Å²) >= 11 is 0. The second kappa shape index (κ2) is 7.34. The van der Waals surface area contributed by atoms with E-state index < -0.39 is 0 Å². The maximum atomic E-state index is 10.9. The van der Waals surface area contributed by atoms with Gasteiger partial charge in [-0.1, -0.05) is 19.9 Å². The van der Waals surface area contributed by atoms with Gasteiger partial charge in [0.2, 0.25) is 5.91 Å². The lowest BCUT2D eigenvalue weighted by atomic mass is 10.1. The van der Waals surface area contributed by atoms with Crippen LogP contribution in [0.1, 0.15) is 19.8 Å². The summed E-state index contributed by atoms with van der Waals surface area (Å²) in [6, 6.07) is -0.0306. The van der Waals surface area contributed by atoms with E-state index in [1.807, 2.05) is 6.92 Å². The van der Waals surface area contributed by atoms with E-state index in [0.29, 0.717) is 6.54 Å². The van der Waals surface area contributed by atoms with Gasteiger partial charge in [0.25, 0.3) is 0 Å². The van der Waals surface area contributed by atoms with Gasteiger partial charge in [0.15, 0.2) is 0 Å². The first-order valence-corrected chi connectivity index (χ1v) is 4.27. The Hall–Kier alpha value is -1.32. The van der Waals surface area contributed by atoms with E-state index in [-0.39, 0.29) is 11.9 Å². The second-order valence-corrected chi connectivity index (χ2v) is 2.68. The second-order valence-electron chi connectivity index (χ2n) is 2.68. The van der Waals surface area contributed by atoms with Crippen molar-refractivity contribution in [2.75, 3.05) is 6.54 Å². The molecular formula is C9H15N2O2. The van der Waals surface area contributed by atoms with Crippen LogP contribution in [0.5, 0.6) is 0 Å². The molecule has 0 bridgehead atoms. The fraction of sp³-hybridized carbons (Fsp3) is 0.556. The van der Waals surface area contributed by atoms with E-state index in [0.717, 1.165) is 12.8 Å². The van der Waals surface area contributed by atoms with Crippen LogP contribution in [0.2, 0.25) is 0 Å². The molecule has 4 nitrogen and oxygen atoms in total. The molecule has 0 aromatic carbocycles. The van der Waals surface area contributed by atoms with Crippen molar-refractivity contribution in [1.82, 2.24) is 10.6 Å². The minimum atomic E-state index is -0.217. The largest absolute Gasteiger partial charge is 0.348 e. The van der Waals surface area contributed by atoms with Gasteiger partial charge in [-0.15, -0.1) is 0 Å². The number of amides is 2. The van der Waals surface area contributed by atoms with Gasteiger partial charge >= 0.3 is 6.41 Å². The van der Waals surface area contributed by atoms with E-state index in [1.165, 1.54) is 6.08 Å². The first-order valence-electron chi connectivity index (χ1n) is 4.27. The van der Waals surface area contributed by atoms with Crippen LogP contribution >= 0.6 is 0 Å². The molecule has 0 aromatic heterocycles. The van der Waals surface area contributed by atoms with Gasteiger partial charge in [-0.3, -0.25) is 9.59 Å². The van der Waals surface area contributed by atoms with Crippen molar-refractivity contribution in [3.63, 3.8) is 0 Å². The van der Waals surface area contributed by atoms with Crippen molar-refractivity contribution in [3.8, 4) is 0 Å². The van der Waals surface area contributed by atoms with Crippen LogP contribution in [0.15, 0.2) is 12.7 Å². The van der Waals surface area contributed by atoms with Gasteiger partial charge in [0.05, 0.1) is 0 Å². The van der Waals surface area contributed by atoms with Crippen molar-refractivity contribution in [1.29, 1.82) is 0 Å². The highest BCUT2D eigenvalue weighted by Gasteiger charge is 2.08. The van der Waals surface area contributed by atoms with Gasteiger partial charge in [-0.05, 0) is 12.5 Å². The zero-order valence-electron chi connectivity index (χ0n) is 7.80. The Kier molecular flexibility index (Phi) is 6.59. The molecule has 0 fully saturated rings. The molecule has 2 N–H and O–H groups in total. The molecular weight excluding hydrogens is 168 g/mol. The van der Waals surface area contributed by atoms with Crippen molar-refractivity contribution >= 4 is 12.3 Å². The van der Waals surface area contributed by atoms with E-state index in [4.69, 9.17) is 0 Å². The summed E-state index contributed by atoms with van der Waals surface area (Å²) in [5, 5.41) is 5.11. The molecule has 0 saturated heterocycles. The van der Waals surface area contributed by atoms with E-state index >= 15 is 0 Å². The van der Waals surface area contributed by atoms with Crippen LogP contribution in [-0.4, -0.2) is 24.9 Å². The Bertz CT molecular complexity index is 180. The Morgan fingerprint density at radius 2 is 2.38 bits per heavy atom. The number of hydrogen-bond acceptors (Lipinski definition) is 2. The average Bonchev–Trinajstić information content (AvgIpc) is 2.14. The molecule has 1 atom stereocenters. The molecule has 2 amide bonds. The number of carbonyl (C=O) groups is 1. The summed E-state index contributed by atoms with van der Waals surface area (Å²) in [5.41, 5.74) is 0. The normalized spacial score (nSPS) is 11.5. The van der Waals surface area contributed by atoms with Gasteiger partial charge < -0.3 is 10.6 Å². The summed E-state index contributed by atoms with van der Waals surface area (Å²) in [7, 11) is 0. The molecule has 0 heterocycles. The van der Waals surface area contributed by atoms with Crippen molar-refractivity contribution < 1.29 is 9.59 Å². The summed E-state index contributed by atoms with van der Waals surface area (Å²) in [4.78, 5) is 20.8. The highest BCUT2D eigenvalue weighted by Crippen LogP contribution is 1.94. The summed E-state index contributed by atoms with van der Waals surface area (Å²) in [5.74, 6) is -0.217. The van der Waals surface area contributed by atoms with Crippen LogP contribution in [0.3, 0.4) is 0 Å². The van der Waals surface area contributed by atoms with E-state index in [9.17, 15) is 9.59 Å². The lowest BCUT2D eigenvalue weighted by Crippen LogP contribution is -2.40. The van der Waals surface area contributed by atoms with Crippen LogP contribution in [0.25, 0.3) is 0 Å². The van der Waals surface area contributed by atoms with Gasteiger partial charge in [-0.2, -0.15) is 0 Å². The topological polar surface area (TPSA) is 58.2 Å². The first-order chi connectivity index (χ1) is 6.24. The monoisotopic (exact) mass is 183 g/mol. The van der Waals surface area contributed by atoms with Crippen LogP contribution < -0.4 is 10.6 Å². The Labute approximate surface area is 78.4 Å². The highest BCUT2D eigenvalue weighted by molar-refractivity contribution is 5.87. The predicted octanol–water partition coefficient (Wildman–Crippen LogP) is 0.114. The van der Waals surface area contributed by atoms with Crippen LogP contribution in [0.4, 0.5) is 0 Å². The fourth-order valence-corrected chi connectivity index (χ4v) is 0.999. The molecule has 0 aliphatic rings. The molecule has 73 valence electrons.